The fourth-order valence-corrected chi connectivity index (χ4v) is 3.61. The molecule has 0 unspecified atom stereocenters. The van der Waals surface area contributed by atoms with Crippen molar-refractivity contribution in [2.75, 3.05) is 11.9 Å². The van der Waals surface area contributed by atoms with E-state index in [0.29, 0.717) is 16.3 Å². The van der Waals surface area contributed by atoms with Crippen molar-refractivity contribution in [3.63, 3.8) is 0 Å². The molecule has 0 spiro atoms. The summed E-state index contributed by atoms with van der Waals surface area (Å²) in [6, 6.07) is 13.2. The maximum atomic E-state index is 11.9. The fourth-order valence-electron chi connectivity index (χ4n) is 2.17. The quantitative estimate of drug-likeness (QED) is 0.888. The van der Waals surface area contributed by atoms with Gasteiger partial charge in [0.2, 0.25) is 5.91 Å². The van der Waals surface area contributed by atoms with Gasteiger partial charge in [0.1, 0.15) is 12.4 Å². The van der Waals surface area contributed by atoms with Gasteiger partial charge in [-0.25, -0.2) is 8.42 Å². The number of carbonyl (C=O) groups is 1. The Morgan fingerprint density at radius 2 is 1.96 bits per heavy atom. The van der Waals surface area contributed by atoms with E-state index in [2.05, 4.69) is 15.0 Å². The summed E-state index contributed by atoms with van der Waals surface area (Å²) in [6.07, 6.45) is 0. The third kappa shape index (κ3) is 3.35. The summed E-state index contributed by atoms with van der Waals surface area (Å²) in [6.45, 7) is -0.210. The second kappa shape index (κ2) is 6.02. The lowest BCUT2D eigenvalue weighted by Crippen LogP contribution is -2.24. The Labute approximate surface area is 138 Å². The van der Waals surface area contributed by atoms with Gasteiger partial charge in [-0.3, -0.25) is 14.5 Å². The molecule has 2 aromatic rings. The molecule has 1 aliphatic rings. The lowest BCUT2D eigenvalue weighted by Gasteiger charge is -2.04. The Hall–Kier alpha value is -2.38. The summed E-state index contributed by atoms with van der Waals surface area (Å²) in [4.78, 5) is 16.1. The van der Waals surface area contributed by atoms with Crippen molar-refractivity contribution in [2.24, 2.45) is 4.99 Å². The van der Waals surface area contributed by atoms with Crippen molar-refractivity contribution in [3.05, 3.63) is 59.1 Å². The second-order valence-corrected chi connectivity index (χ2v) is 6.91. The van der Waals surface area contributed by atoms with E-state index in [1.807, 2.05) is 0 Å². The smallest absolute Gasteiger partial charge is 0.263 e. The van der Waals surface area contributed by atoms with Gasteiger partial charge in [0, 0.05) is 16.3 Å². The molecule has 0 saturated carbocycles. The van der Waals surface area contributed by atoms with Gasteiger partial charge in [0.25, 0.3) is 10.0 Å². The second-order valence-electron chi connectivity index (χ2n) is 4.83. The summed E-state index contributed by atoms with van der Waals surface area (Å²) in [5.74, 6) is -0.204. The van der Waals surface area contributed by atoms with Crippen LogP contribution in [-0.2, 0) is 14.8 Å². The van der Waals surface area contributed by atoms with Crippen LogP contribution in [0.5, 0.6) is 0 Å². The molecule has 118 valence electrons. The number of rotatable bonds is 3. The van der Waals surface area contributed by atoms with E-state index in [1.165, 1.54) is 6.07 Å². The summed E-state index contributed by atoms with van der Waals surface area (Å²) in [5, 5.41) is 3.15. The summed E-state index contributed by atoms with van der Waals surface area (Å²) in [7, 11) is -3.60. The number of sulfonamides is 1. The van der Waals surface area contributed by atoms with Gasteiger partial charge in [0.15, 0.2) is 0 Å². The number of halogens is 1. The number of hydrogen-bond donors (Lipinski definition) is 2. The zero-order valence-electron chi connectivity index (χ0n) is 11.8. The molecule has 23 heavy (non-hydrogen) atoms. The number of amidine groups is 1. The first kappa shape index (κ1) is 15.5. The Kier molecular flexibility index (Phi) is 4.06. The lowest BCUT2D eigenvalue weighted by molar-refractivity contribution is -0.114. The van der Waals surface area contributed by atoms with Crippen molar-refractivity contribution in [3.8, 4) is 0 Å². The number of nitrogens with one attached hydrogen (secondary N) is 2. The lowest BCUT2D eigenvalue weighted by atomic mass is 10.2. The standard InChI is InChI=1S/C15H12ClN3O3S/c16-10-4-3-5-11(8-10)18-14(20)9-17-15-12-6-1-2-7-13(12)23(21,22)19-15/h1-8H,9H2,(H,17,19)(H,18,20). The van der Waals surface area contributed by atoms with E-state index in [9.17, 15) is 13.2 Å². The highest BCUT2D eigenvalue weighted by Gasteiger charge is 2.30. The van der Waals surface area contributed by atoms with Crippen LogP contribution in [0, 0.1) is 0 Å². The Balaban J connectivity index is 1.75. The first-order chi connectivity index (χ1) is 11.0. The Bertz CT molecular complexity index is 910. The minimum Gasteiger partial charge on any atom is -0.324 e. The SMILES string of the molecule is O=C(CN=C1NS(=O)(=O)c2ccccc21)Nc1cccc(Cl)c1. The number of carbonyl (C=O) groups excluding carboxylic acids is 1. The largest absolute Gasteiger partial charge is 0.324 e. The maximum absolute atomic E-state index is 11.9. The van der Waals surface area contributed by atoms with Gasteiger partial charge < -0.3 is 5.32 Å². The van der Waals surface area contributed by atoms with Crippen LogP contribution in [-0.4, -0.2) is 26.7 Å². The van der Waals surface area contributed by atoms with Gasteiger partial charge >= 0.3 is 0 Å². The number of hydrogen-bond acceptors (Lipinski definition) is 4. The van der Waals surface area contributed by atoms with Gasteiger partial charge in [-0.05, 0) is 30.3 Å². The average Bonchev–Trinajstić information content (AvgIpc) is 2.77. The van der Waals surface area contributed by atoms with Crippen LogP contribution in [0.25, 0.3) is 0 Å². The van der Waals surface area contributed by atoms with Crippen molar-refractivity contribution in [1.82, 2.24) is 4.72 Å². The molecule has 0 aromatic heterocycles. The molecule has 1 aliphatic heterocycles. The van der Waals surface area contributed by atoms with E-state index in [-0.39, 0.29) is 23.2 Å². The molecular weight excluding hydrogens is 338 g/mol. The highest BCUT2D eigenvalue weighted by molar-refractivity contribution is 7.90. The van der Waals surface area contributed by atoms with E-state index >= 15 is 0 Å². The fraction of sp³-hybridized carbons (Fsp3) is 0.0667. The number of nitrogens with zero attached hydrogens (tertiary/aromatic N) is 1. The van der Waals surface area contributed by atoms with Crippen LogP contribution in [0.1, 0.15) is 5.56 Å². The molecule has 2 aromatic carbocycles. The van der Waals surface area contributed by atoms with Crippen LogP contribution in [0.4, 0.5) is 5.69 Å². The van der Waals surface area contributed by atoms with E-state index in [4.69, 9.17) is 11.6 Å². The molecular formula is C15H12ClN3O3S. The van der Waals surface area contributed by atoms with E-state index < -0.39 is 10.0 Å². The maximum Gasteiger partial charge on any atom is 0.263 e. The van der Waals surface area contributed by atoms with Gasteiger partial charge in [-0.2, -0.15) is 0 Å². The predicted octanol–water partition coefficient (Wildman–Crippen LogP) is 2.02. The summed E-state index contributed by atoms with van der Waals surface area (Å²) in [5.41, 5.74) is 1.01. The first-order valence-corrected chi connectivity index (χ1v) is 8.54. The van der Waals surface area contributed by atoms with Crippen molar-refractivity contribution < 1.29 is 13.2 Å². The van der Waals surface area contributed by atoms with Gasteiger partial charge in [-0.1, -0.05) is 29.8 Å². The molecule has 1 heterocycles. The van der Waals surface area contributed by atoms with Crippen LogP contribution in [0.3, 0.4) is 0 Å². The molecule has 1 amide bonds. The zero-order valence-corrected chi connectivity index (χ0v) is 13.4. The molecule has 6 nitrogen and oxygen atoms in total. The minimum absolute atomic E-state index is 0.161. The highest BCUT2D eigenvalue weighted by atomic mass is 35.5. The minimum atomic E-state index is -3.60. The number of anilines is 1. The average molecular weight is 350 g/mol. The molecule has 0 bridgehead atoms. The van der Waals surface area contributed by atoms with Crippen molar-refractivity contribution in [2.45, 2.75) is 4.90 Å². The monoisotopic (exact) mass is 349 g/mol. The topological polar surface area (TPSA) is 87.6 Å². The Morgan fingerprint density at radius 3 is 2.74 bits per heavy atom. The molecule has 0 fully saturated rings. The normalized spacial score (nSPS) is 16.7. The molecule has 8 heteroatoms. The molecule has 0 atom stereocenters. The summed E-state index contributed by atoms with van der Waals surface area (Å²) < 4.78 is 26.2. The van der Waals surface area contributed by atoms with Crippen molar-refractivity contribution in [1.29, 1.82) is 0 Å². The Morgan fingerprint density at radius 1 is 1.17 bits per heavy atom. The third-order valence-electron chi connectivity index (χ3n) is 3.15. The number of amides is 1. The third-order valence-corrected chi connectivity index (χ3v) is 4.78. The van der Waals surface area contributed by atoms with Crippen LogP contribution in [0.2, 0.25) is 5.02 Å². The van der Waals surface area contributed by atoms with Gasteiger partial charge in [0.05, 0.1) is 4.90 Å². The molecule has 0 saturated heterocycles. The molecule has 0 radical (unpaired) electrons. The first-order valence-electron chi connectivity index (χ1n) is 6.68. The van der Waals surface area contributed by atoms with Gasteiger partial charge in [-0.15, -0.1) is 0 Å². The van der Waals surface area contributed by atoms with E-state index in [0.717, 1.165) is 0 Å². The van der Waals surface area contributed by atoms with Crippen LogP contribution < -0.4 is 10.0 Å². The number of benzene rings is 2. The molecule has 0 aliphatic carbocycles. The van der Waals surface area contributed by atoms with E-state index in [1.54, 1.807) is 42.5 Å². The molecule has 2 N–H and O–H groups in total. The molecule has 3 rings (SSSR count). The predicted molar refractivity (Wildman–Crippen MR) is 88.2 cm³/mol. The number of aliphatic imine (C=N–C) groups is 1. The number of fused-ring (bicyclic) bond motifs is 1. The van der Waals surface area contributed by atoms with Crippen LogP contribution >= 0.6 is 11.6 Å². The van der Waals surface area contributed by atoms with Crippen LogP contribution in [0.15, 0.2) is 58.4 Å². The van der Waals surface area contributed by atoms with Crippen molar-refractivity contribution >= 4 is 39.1 Å². The zero-order chi connectivity index (χ0) is 16.4. The summed E-state index contributed by atoms with van der Waals surface area (Å²) >= 11 is 5.84. The highest BCUT2D eigenvalue weighted by Crippen LogP contribution is 2.22.